The van der Waals surface area contributed by atoms with E-state index in [0.29, 0.717) is 0 Å². The van der Waals surface area contributed by atoms with Crippen LogP contribution in [0.3, 0.4) is 0 Å². The van der Waals surface area contributed by atoms with Crippen molar-refractivity contribution in [2.75, 3.05) is 5.88 Å². The molecule has 0 saturated carbocycles. The summed E-state index contributed by atoms with van der Waals surface area (Å²) in [5.41, 5.74) is 0. The Balaban J connectivity index is 3.90. The van der Waals surface area contributed by atoms with Crippen molar-refractivity contribution in [2.45, 2.75) is 25.7 Å². The highest BCUT2D eigenvalue weighted by atomic mass is 35.5. The average Bonchev–Trinajstić information content (AvgIpc) is 1.86. The second-order valence-corrected chi connectivity index (χ2v) is 2.83. The second-order valence-electron chi connectivity index (χ2n) is 2.53. The van der Waals surface area contributed by atoms with Crippen molar-refractivity contribution in [1.29, 1.82) is 0 Å². The third-order valence-corrected chi connectivity index (χ3v) is 1.73. The lowest BCUT2D eigenvalue weighted by Crippen LogP contribution is -2.29. The summed E-state index contributed by atoms with van der Waals surface area (Å²) in [6.07, 6.45) is -4.44. The maximum atomic E-state index is 12.2. The highest BCUT2D eigenvalue weighted by molar-refractivity contribution is 6.18. The summed E-state index contributed by atoms with van der Waals surface area (Å²) in [6, 6.07) is 0. The molecule has 0 aromatic rings. The molecule has 0 fully saturated rings. The summed E-state index contributed by atoms with van der Waals surface area (Å²) in [4.78, 5) is 0. The van der Waals surface area contributed by atoms with Gasteiger partial charge < -0.3 is 0 Å². The first-order valence-corrected chi connectivity index (χ1v) is 3.65. The fraction of sp³-hybridized carbons (Fsp3) is 1.00. The molecule has 0 saturated heterocycles. The van der Waals surface area contributed by atoms with E-state index in [4.69, 9.17) is 11.6 Å². The fourth-order valence-electron chi connectivity index (χ4n) is 0.608. The molecular formula is C6H9ClF4. The molecule has 1 unspecified atom stereocenters. The van der Waals surface area contributed by atoms with Crippen LogP contribution in [0.15, 0.2) is 0 Å². The summed E-state index contributed by atoms with van der Waals surface area (Å²) >= 11 is 5.18. The standard InChI is InChI=1S/C6H9ClF4/c1-4(3-7)2-6(10,11)5(8)9/h4-5H,2-3H2,1H3. The van der Waals surface area contributed by atoms with E-state index in [1.165, 1.54) is 6.92 Å². The van der Waals surface area contributed by atoms with E-state index in [9.17, 15) is 17.6 Å². The zero-order chi connectivity index (χ0) is 9.07. The molecule has 0 spiro atoms. The number of alkyl halides is 5. The van der Waals surface area contributed by atoms with E-state index in [-0.39, 0.29) is 5.88 Å². The van der Waals surface area contributed by atoms with Crippen LogP contribution in [0.1, 0.15) is 13.3 Å². The molecule has 0 aliphatic rings. The molecule has 0 nitrogen and oxygen atoms in total. The first-order chi connectivity index (χ1) is 4.90. The summed E-state index contributed by atoms with van der Waals surface area (Å²) in [7, 11) is 0. The first kappa shape index (κ1) is 11.0. The van der Waals surface area contributed by atoms with E-state index < -0.39 is 24.7 Å². The largest absolute Gasteiger partial charge is 0.307 e. The molecule has 0 amide bonds. The number of hydrogen-bond acceptors (Lipinski definition) is 0. The van der Waals surface area contributed by atoms with Crippen LogP contribution in [-0.4, -0.2) is 18.2 Å². The average molecular weight is 193 g/mol. The van der Waals surface area contributed by atoms with Crippen molar-refractivity contribution in [1.82, 2.24) is 0 Å². The molecule has 0 aliphatic carbocycles. The third kappa shape index (κ3) is 3.79. The second kappa shape index (κ2) is 4.14. The maximum Gasteiger partial charge on any atom is 0.307 e. The smallest absolute Gasteiger partial charge is 0.204 e. The predicted molar refractivity (Wildman–Crippen MR) is 35.5 cm³/mol. The minimum Gasteiger partial charge on any atom is -0.204 e. The molecule has 0 aliphatic heterocycles. The van der Waals surface area contributed by atoms with Gasteiger partial charge in [-0.15, -0.1) is 11.6 Å². The normalized spacial score (nSPS) is 15.5. The zero-order valence-electron chi connectivity index (χ0n) is 5.96. The molecule has 0 radical (unpaired) electrons. The highest BCUT2D eigenvalue weighted by Crippen LogP contribution is 2.30. The Bertz CT molecular complexity index is 115. The zero-order valence-corrected chi connectivity index (χ0v) is 6.71. The van der Waals surface area contributed by atoms with E-state index >= 15 is 0 Å². The van der Waals surface area contributed by atoms with Crippen LogP contribution < -0.4 is 0 Å². The van der Waals surface area contributed by atoms with Gasteiger partial charge in [-0.1, -0.05) is 6.92 Å². The van der Waals surface area contributed by atoms with Crippen LogP contribution in [-0.2, 0) is 0 Å². The van der Waals surface area contributed by atoms with Crippen LogP contribution in [0.25, 0.3) is 0 Å². The van der Waals surface area contributed by atoms with Gasteiger partial charge >= 0.3 is 12.3 Å². The Morgan fingerprint density at radius 1 is 1.36 bits per heavy atom. The van der Waals surface area contributed by atoms with Gasteiger partial charge in [0, 0.05) is 12.3 Å². The van der Waals surface area contributed by atoms with Gasteiger partial charge in [0.05, 0.1) is 0 Å². The molecule has 0 aromatic carbocycles. The van der Waals surface area contributed by atoms with Crippen LogP contribution in [0.2, 0.25) is 0 Å². The van der Waals surface area contributed by atoms with Gasteiger partial charge in [-0.2, -0.15) is 0 Å². The molecule has 0 N–H and O–H groups in total. The number of hydrogen-bond donors (Lipinski definition) is 0. The van der Waals surface area contributed by atoms with E-state index in [2.05, 4.69) is 0 Å². The predicted octanol–water partition coefficient (Wildman–Crippen LogP) is 3.15. The van der Waals surface area contributed by atoms with Crippen molar-refractivity contribution < 1.29 is 17.6 Å². The van der Waals surface area contributed by atoms with E-state index in [1.807, 2.05) is 0 Å². The van der Waals surface area contributed by atoms with Gasteiger partial charge in [-0.3, -0.25) is 0 Å². The van der Waals surface area contributed by atoms with Crippen molar-refractivity contribution >= 4 is 11.6 Å². The maximum absolute atomic E-state index is 12.2. The van der Waals surface area contributed by atoms with Crippen LogP contribution in [0.5, 0.6) is 0 Å². The molecule has 0 rings (SSSR count). The van der Waals surface area contributed by atoms with Crippen molar-refractivity contribution in [3.05, 3.63) is 0 Å². The number of halogens is 5. The summed E-state index contributed by atoms with van der Waals surface area (Å²) < 4.78 is 47.4. The molecule has 0 aromatic heterocycles. The van der Waals surface area contributed by atoms with Gasteiger partial charge in [0.25, 0.3) is 0 Å². The lowest BCUT2D eigenvalue weighted by Gasteiger charge is -2.17. The van der Waals surface area contributed by atoms with Gasteiger partial charge in [0.1, 0.15) is 0 Å². The van der Waals surface area contributed by atoms with Crippen molar-refractivity contribution in [3.8, 4) is 0 Å². The molecule has 0 heterocycles. The Hall–Kier alpha value is 0.01000. The van der Waals surface area contributed by atoms with Gasteiger partial charge in [-0.25, -0.2) is 17.6 Å². The molecule has 11 heavy (non-hydrogen) atoms. The monoisotopic (exact) mass is 192 g/mol. The van der Waals surface area contributed by atoms with Crippen LogP contribution in [0.4, 0.5) is 17.6 Å². The molecule has 5 heteroatoms. The van der Waals surface area contributed by atoms with E-state index in [0.717, 1.165) is 0 Å². The minimum absolute atomic E-state index is 0.0255. The summed E-state index contributed by atoms with van der Waals surface area (Å²) in [5.74, 6) is -4.50. The van der Waals surface area contributed by atoms with Crippen LogP contribution >= 0.6 is 11.6 Å². The van der Waals surface area contributed by atoms with Crippen molar-refractivity contribution in [3.63, 3.8) is 0 Å². The van der Waals surface area contributed by atoms with Crippen LogP contribution in [0, 0.1) is 5.92 Å². The fourth-order valence-corrected chi connectivity index (χ4v) is 0.717. The molecule has 68 valence electrons. The summed E-state index contributed by atoms with van der Waals surface area (Å²) in [5, 5.41) is 0. The lowest BCUT2D eigenvalue weighted by atomic mass is 10.1. The van der Waals surface area contributed by atoms with Gasteiger partial charge in [0.15, 0.2) is 0 Å². The summed E-state index contributed by atoms with van der Waals surface area (Å²) in [6.45, 7) is 1.41. The van der Waals surface area contributed by atoms with E-state index in [1.54, 1.807) is 0 Å². The Morgan fingerprint density at radius 2 is 1.82 bits per heavy atom. The Morgan fingerprint density at radius 3 is 2.09 bits per heavy atom. The SMILES string of the molecule is CC(CCl)CC(F)(F)C(F)F. The quantitative estimate of drug-likeness (QED) is 0.474. The lowest BCUT2D eigenvalue weighted by molar-refractivity contribution is -0.138. The Kier molecular flexibility index (Phi) is 4.14. The highest BCUT2D eigenvalue weighted by Gasteiger charge is 2.41. The minimum atomic E-state index is -3.89. The molecule has 1 atom stereocenters. The molecule has 0 bridgehead atoms. The van der Waals surface area contributed by atoms with Crippen molar-refractivity contribution in [2.24, 2.45) is 5.92 Å². The van der Waals surface area contributed by atoms with Gasteiger partial charge in [0.2, 0.25) is 0 Å². The molecular weight excluding hydrogens is 184 g/mol. The first-order valence-electron chi connectivity index (χ1n) is 3.12. The third-order valence-electron chi connectivity index (χ3n) is 1.20. The number of rotatable bonds is 4. The Labute approximate surface area is 67.5 Å². The van der Waals surface area contributed by atoms with Gasteiger partial charge in [-0.05, 0) is 5.92 Å². The topological polar surface area (TPSA) is 0 Å².